The van der Waals surface area contributed by atoms with E-state index in [1.807, 2.05) is 20.8 Å². The molecule has 0 aromatic carbocycles. The monoisotopic (exact) mass is 536 g/mol. The highest BCUT2D eigenvalue weighted by Crippen LogP contribution is 2.67. The Hall–Kier alpha value is -0.460. The third kappa shape index (κ3) is 5.79. The molecular weight excluding hydrogens is 476 g/mol. The average Bonchev–Trinajstić information content (AvgIpc) is 3.22. The zero-order valence-corrected chi connectivity index (χ0v) is 25.7. The van der Waals surface area contributed by atoms with Crippen LogP contribution in [-0.2, 0) is 14.2 Å². The molecule has 3 fully saturated rings. The van der Waals surface area contributed by atoms with Crippen molar-refractivity contribution in [2.75, 3.05) is 19.8 Å². The quantitative estimate of drug-likeness (QED) is 0.209. The molecule has 0 aliphatic heterocycles. The summed E-state index contributed by atoms with van der Waals surface area (Å²) in [6.45, 7) is 17.9. The van der Waals surface area contributed by atoms with Gasteiger partial charge in [-0.2, -0.15) is 0 Å². The summed E-state index contributed by atoms with van der Waals surface area (Å²) in [6.07, 6.45) is 16.0. The molecule has 222 valence electrons. The Morgan fingerprint density at radius 3 is 2.21 bits per heavy atom. The highest BCUT2D eigenvalue weighted by molar-refractivity contribution is 5.25. The maximum Gasteiger partial charge on any atom is 0.285 e. The fourth-order valence-electron chi connectivity index (χ4n) is 9.90. The molecule has 0 bridgehead atoms. The fourth-order valence-corrected chi connectivity index (χ4v) is 9.90. The van der Waals surface area contributed by atoms with Gasteiger partial charge in [-0.05, 0) is 119 Å². The molecule has 0 radical (unpaired) electrons. The normalized spacial score (nSPS) is 38.3. The van der Waals surface area contributed by atoms with Crippen LogP contribution >= 0.6 is 0 Å². The lowest BCUT2D eigenvalue weighted by Gasteiger charge is -2.58. The summed E-state index contributed by atoms with van der Waals surface area (Å²) in [4.78, 5) is 0. The number of aliphatic hydroxyl groups excluding tert-OH is 1. The molecule has 4 aliphatic carbocycles. The SMILES string of the molecule is CCOC(OCC)(OCC)C(C)CCC[C@@H](C)[C@H]1CC[C@H]2[C@@H]3CC=C4C[C@@H](O)CC[C@]4(C)[C@H]3CC[C@]12C.O. The van der Waals surface area contributed by atoms with E-state index in [2.05, 4.69) is 33.8 Å². The van der Waals surface area contributed by atoms with Gasteiger partial charge in [0.25, 0.3) is 5.97 Å². The lowest BCUT2D eigenvalue weighted by atomic mass is 9.47. The zero-order chi connectivity index (χ0) is 26.8. The molecule has 5 nitrogen and oxygen atoms in total. The van der Waals surface area contributed by atoms with E-state index in [-0.39, 0.29) is 17.5 Å². The van der Waals surface area contributed by atoms with Gasteiger partial charge in [0, 0.05) is 25.7 Å². The molecule has 0 saturated heterocycles. The van der Waals surface area contributed by atoms with Crippen LogP contribution in [0.2, 0.25) is 0 Å². The van der Waals surface area contributed by atoms with Crippen LogP contribution in [0.5, 0.6) is 0 Å². The first kappa shape index (κ1) is 32.1. The summed E-state index contributed by atoms with van der Waals surface area (Å²) < 4.78 is 18.2. The van der Waals surface area contributed by atoms with Gasteiger partial charge in [-0.25, -0.2) is 0 Å². The smallest absolute Gasteiger partial charge is 0.285 e. The number of allylic oxidation sites excluding steroid dienone is 1. The maximum absolute atomic E-state index is 10.3. The van der Waals surface area contributed by atoms with Crippen LogP contribution in [0.3, 0.4) is 0 Å². The fraction of sp³-hybridized carbons (Fsp3) is 0.939. The van der Waals surface area contributed by atoms with Crippen molar-refractivity contribution in [3.05, 3.63) is 11.6 Å². The van der Waals surface area contributed by atoms with Gasteiger partial charge < -0.3 is 24.8 Å². The number of rotatable bonds is 12. The zero-order valence-electron chi connectivity index (χ0n) is 25.7. The van der Waals surface area contributed by atoms with E-state index in [1.165, 1.54) is 51.4 Å². The largest absolute Gasteiger partial charge is 0.412 e. The van der Waals surface area contributed by atoms with Crippen molar-refractivity contribution in [3.63, 3.8) is 0 Å². The second-order valence-corrected chi connectivity index (χ2v) is 13.6. The minimum absolute atomic E-state index is 0. The molecule has 0 amide bonds. The van der Waals surface area contributed by atoms with Crippen molar-refractivity contribution in [1.82, 2.24) is 0 Å². The standard InChI is InChI=1S/C33H58O4.H2O/c1-8-35-33(36-9-2,37-10-3)24(5)13-11-12-23(4)28-16-17-29-27-15-14-25-22-26(34)18-20-31(25,6)30(27)19-21-32(28,29)7;/h14,23-24,26-30,34H,8-13,15-22H2,1-7H3;1H2/t23-,24?,26+,27+,28-,29+,30+,31+,32-;/m1./s1. The van der Waals surface area contributed by atoms with E-state index < -0.39 is 5.97 Å². The van der Waals surface area contributed by atoms with Crippen molar-refractivity contribution in [3.8, 4) is 0 Å². The predicted octanol–water partition coefficient (Wildman–Crippen LogP) is 7.31. The third-order valence-electron chi connectivity index (χ3n) is 11.8. The van der Waals surface area contributed by atoms with E-state index in [4.69, 9.17) is 14.2 Å². The molecule has 5 heteroatoms. The Morgan fingerprint density at radius 1 is 0.921 bits per heavy atom. The van der Waals surface area contributed by atoms with Crippen LogP contribution < -0.4 is 0 Å². The number of aliphatic hydroxyl groups is 1. The number of fused-ring (bicyclic) bond motifs is 5. The molecule has 0 heterocycles. The highest BCUT2D eigenvalue weighted by Gasteiger charge is 2.59. The van der Waals surface area contributed by atoms with Crippen LogP contribution in [0.25, 0.3) is 0 Å². The van der Waals surface area contributed by atoms with E-state index in [9.17, 15) is 5.11 Å². The predicted molar refractivity (Wildman–Crippen MR) is 155 cm³/mol. The summed E-state index contributed by atoms with van der Waals surface area (Å²) in [5.74, 6) is 3.47. The summed E-state index contributed by atoms with van der Waals surface area (Å²) in [6, 6.07) is 0. The van der Waals surface area contributed by atoms with Crippen molar-refractivity contribution in [1.29, 1.82) is 0 Å². The maximum atomic E-state index is 10.3. The number of ether oxygens (including phenoxy) is 3. The van der Waals surface area contributed by atoms with Gasteiger partial charge in [-0.3, -0.25) is 0 Å². The van der Waals surface area contributed by atoms with Crippen molar-refractivity contribution in [2.45, 2.75) is 131 Å². The summed E-state index contributed by atoms with van der Waals surface area (Å²) >= 11 is 0. The van der Waals surface area contributed by atoms with E-state index in [0.717, 1.165) is 48.9 Å². The van der Waals surface area contributed by atoms with Crippen molar-refractivity contribution >= 4 is 0 Å². The third-order valence-corrected chi connectivity index (χ3v) is 11.8. The van der Waals surface area contributed by atoms with Crippen LogP contribution in [0.1, 0.15) is 119 Å². The Labute approximate surface area is 233 Å². The van der Waals surface area contributed by atoms with E-state index in [1.54, 1.807) is 5.57 Å². The molecule has 0 spiro atoms. The van der Waals surface area contributed by atoms with Crippen LogP contribution in [0.4, 0.5) is 0 Å². The minimum atomic E-state index is -0.900. The first-order valence-corrected chi connectivity index (χ1v) is 15.9. The van der Waals surface area contributed by atoms with Gasteiger partial charge in [-0.1, -0.05) is 52.2 Å². The van der Waals surface area contributed by atoms with Crippen LogP contribution in [-0.4, -0.2) is 42.5 Å². The van der Waals surface area contributed by atoms with E-state index >= 15 is 0 Å². The molecule has 3 saturated carbocycles. The first-order valence-electron chi connectivity index (χ1n) is 15.9. The highest BCUT2D eigenvalue weighted by atomic mass is 16.9. The Morgan fingerprint density at radius 2 is 1.58 bits per heavy atom. The van der Waals surface area contributed by atoms with Gasteiger partial charge in [0.05, 0.1) is 6.10 Å². The Kier molecular flexibility index (Phi) is 11.0. The van der Waals surface area contributed by atoms with Gasteiger partial charge in [0.1, 0.15) is 0 Å². The lowest BCUT2D eigenvalue weighted by molar-refractivity contribution is -0.400. The van der Waals surface area contributed by atoms with Gasteiger partial charge in [0.15, 0.2) is 0 Å². The van der Waals surface area contributed by atoms with Gasteiger partial charge >= 0.3 is 0 Å². The van der Waals surface area contributed by atoms with Crippen LogP contribution in [0.15, 0.2) is 11.6 Å². The number of hydrogen-bond acceptors (Lipinski definition) is 4. The molecule has 1 unspecified atom stereocenters. The summed E-state index contributed by atoms with van der Waals surface area (Å²) in [5.41, 5.74) is 2.43. The molecule has 4 rings (SSSR count). The molecule has 4 aliphatic rings. The lowest BCUT2D eigenvalue weighted by Crippen LogP contribution is -2.50. The Balaban J connectivity index is 0.00000400. The summed E-state index contributed by atoms with van der Waals surface area (Å²) in [5, 5.41) is 10.3. The molecule has 0 aromatic rings. The topological polar surface area (TPSA) is 79.4 Å². The van der Waals surface area contributed by atoms with Gasteiger partial charge in [-0.15, -0.1) is 0 Å². The Bertz CT molecular complexity index is 764. The van der Waals surface area contributed by atoms with Crippen molar-refractivity contribution in [2.24, 2.45) is 46.3 Å². The first-order chi connectivity index (χ1) is 17.6. The molecule has 9 atom stereocenters. The van der Waals surface area contributed by atoms with E-state index in [0.29, 0.717) is 30.7 Å². The second-order valence-electron chi connectivity index (χ2n) is 13.6. The molecular formula is C33H60O5. The molecule has 0 aromatic heterocycles. The second kappa shape index (κ2) is 13.0. The summed E-state index contributed by atoms with van der Waals surface area (Å²) in [7, 11) is 0. The minimum Gasteiger partial charge on any atom is -0.412 e. The number of hydrogen-bond donors (Lipinski definition) is 1. The van der Waals surface area contributed by atoms with Gasteiger partial charge in [0.2, 0.25) is 0 Å². The van der Waals surface area contributed by atoms with Crippen LogP contribution in [0, 0.1) is 46.3 Å². The molecule has 3 N–H and O–H groups in total. The average molecular weight is 537 g/mol. The molecule has 38 heavy (non-hydrogen) atoms. The van der Waals surface area contributed by atoms with Crippen molar-refractivity contribution < 1.29 is 24.8 Å².